The summed E-state index contributed by atoms with van der Waals surface area (Å²) in [5, 5.41) is 11.8. The van der Waals surface area contributed by atoms with Crippen LogP contribution in [0.1, 0.15) is 16.1 Å². The molecule has 7 nitrogen and oxygen atoms in total. The Labute approximate surface area is 117 Å². The number of aryl methyl sites for hydroxylation is 1. The number of hydrogen-bond acceptors (Lipinski definition) is 5. The van der Waals surface area contributed by atoms with Gasteiger partial charge in [-0.1, -0.05) is 0 Å². The quantitative estimate of drug-likeness (QED) is 0.698. The van der Waals surface area contributed by atoms with Crippen LogP contribution in [0.15, 0.2) is 12.3 Å². The van der Waals surface area contributed by atoms with Crippen LogP contribution in [0.5, 0.6) is 0 Å². The lowest BCUT2D eigenvalue weighted by atomic mass is 10.2. The zero-order chi connectivity index (χ0) is 15.1. The summed E-state index contributed by atoms with van der Waals surface area (Å²) >= 11 is 0. The van der Waals surface area contributed by atoms with Gasteiger partial charge in [0.15, 0.2) is 0 Å². The van der Waals surface area contributed by atoms with Crippen molar-refractivity contribution in [1.82, 2.24) is 10.3 Å². The van der Waals surface area contributed by atoms with E-state index in [0.717, 1.165) is 0 Å². The molecule has 7 heteroatoms. The Bertz CT molecular complexity index is 491. The number of nitrogens with one attached hydrogen (secondary N) is 1. The second-order valence-corrected chi connectivity index (χ2v) is 4.35. The van der Waals surface area contributed by atoms with Gasteiger partial charge in [-0.05, 0) is 13.0 Å². The van der Waals surface area contributed by atoms with Crippen LogP contribution in [-0.4, -0.2) is 55.8 Å². The van der Waals surface area contributed by atoms with Gasteiger partial charge >= 0.3 is 5.97 Å². The number of aromatic carboxylic acids is 1. The van der Waals surface area contributed by atoms with Gasteiger partial charge in [-0.25, -0.2) is 4.79 Å². The minimum atomic E-state index is -1.07. The molecule has 0 aliphatic heterocycles. The van der Waals surface area contributed by atoms with E-state index in [1.807, 2.05) is 0 Å². The van der Waals surface area contributed by atoms with Crippen LogP contribution in [0.3, 0.4) is 0 Å². The number of carboxylic acid groups (broad SMARTS) is 1. The summed E-state index contributed by atoms with van der Waals surface area (Å²) in [7, 11) is 3.22. The van der Waals surface area contributed by atoms with Crippen molar-refractivity contribution in [1.29, 1.82) is 0 Å². The van der Waals surface area contributed by atoms with Gasteiger partial charge in [0.25, 0.3) is 0 Å². The number of methoxy groups -OCH3 is 1. The molecule has 0 aliphatic rings. The zero-order valence-electron chi connectivity index (χ0n) is 11.8. The summed E-state index contributed by atoms with van der Waals surface area (Å²) in [4.78, 5) is 28.4. The summed E-state index contributed by atoms with van der Waals surface area (Å²) in [6, 6.07) is 1.64. The van der Waals surface area contributed by atoms with E-state index in [0.29, 0.717) is 24.5 Å². The molecule has 1 rings (SSSR count). The maximum Gasteiger partial charge on any atom is 0.339 e. The number of carboxylic acids is 1. The minimum Gasteiger partial charge on any atom is -0.478 e. The standard InChI is InChI=1S/C13H19N3O4/c1-9-6-11(10(7-15-9)13(18)19)16(2)8-12(17)14-4-5-20-3/h6-7H,4-5,8H2,1-3H3,(H,14,17)(H,18,19). The Morgan fingerprint density at radius 3 is 2.80 bits per heavy atom. The van der Waals surface area contributed by atoms with Gasteiger partial charge in [-0.3, -0.25) is 9.78 Å². The molecule has 0 bridgehead atoms. The zero-order valence-corrected chi connectivity index (χ0v) is 11.8. The molecular weight excluding hydrogens is 262 g/mol. The van der Waals surface area contributed by atoms with Gasteiger partial charge < -0.3 is 20.1 Å². The third kappa shape index (κ3) is 4.51. The second-order valence-electron chi connectivity index (χ2n) is 4.35. The average molecular weight is 281 g/mol. The molecule has 1 aromatic heterocycles. The number of carbonyl (C=O) groups excluding carboxylic acids is 1. The van der Waals surface area contributed by atoms with Gasteiger partial charge in [0.1, 0.15) is 5.56 Å². The Morgan fingerprint density at radius 2 is 2.20 bits per heavy atom. The number of rotatable bonds is 7. The number of likely N-dealkylation sites (N-methyl/N-ethyl adjacent to an activating group) is 1. The summed E-state index contributed by atoms with van der Waals surface area (Å²) in [6.07, 6.45) is 1.30. The summed E-state index contributed by atoms with van der Waals surface area (Å²) in [5.74, 6) is -1.27. The molecule has 0 unspecified atom stereocenters. The second kappa shape index (κ2) is 7.44. The first-order valence-corrected chi connectivity index (χ1v) is 6.12. The minimum absolute atomic E-state index is 0.0629. The number of nitrogens with zero attached hydrogens (tertiary/aromatic N) is 2. The molecule has 0 atom stereocenters. The van der Waals surface area contributed by atoms with Gasteiger partial charge in [0.05, 0.1) is 18.8 Å². The van der Waals surface area contributed by atoms with Gasteiger partial charge in [0.2, 0.25) is 5.91 Å². The Hall–Kier alpha value is -2.15. The molecule has 1 heterocycles. The van der Waals surface area contributed by atoms with Crippen molar-refractivity contribution in [2.75, 3.05) is 38.8 Å². The Balaban J connectivity index is 2.76. The molecule has 0 aliphatic carbocycles. The van der Waals surface area contributed by atoms with Crippen LogP contribution in [0, 0.1) is 6.92 Å². The number of ether oxygens (including phenoxy) is 1. The molecule has 2 N–H and O–H groups in total. The van der Waals surface area contributed by atoms with Crippen molar-refractivity contribution in [2.24, 2.45) is 0 Å². The van der Waals surface area contributed by atoms with Crippen LogP contribution in [-0.2, 0) is 9.53 Å². The van der Waals surface area contributed by atoms with E-state index in [4.69, 9.17) is 9.84 Å². The van der Waals surface area contributed by atoms with E-state index in [1.165, 1.54) is 6.20 Å². The average Bonchev–Trinajstić information content (AvgIpc) is 2.38. The molecule has 20 heavy (non-hydrogen) atoms. The number of pyridine rings is 1. The van der Waals surface area contributed by atoms with Crippen molar-refractivity contribution in [3.63, 3.8) is 0 Å². The SMILES string of the molecule is COCCNC(=O)CN(C)c1cc(C)ncc1C(=O)O. The Kier molecular flexibility index (Phi) is 5.92. The first-order valence-electron chi connectivity index (χ1n) is 6.12. The first-order chi connectivity index (χ1) is 9.45. The van der Waals surface area contributed by atoms with Gasteiger partial charge in [0, 0.05) is 32.6 Å². The molecule has 0 spiro atoms. The highest BCUT2D eigenvalue weighted by molar-refractivity contribution is 5.95. The lowest BCUT2D eigenvalue weighted by molar-refractivity contribution is -0.119. The topological polar surface area (TPSA) is 91.8 Å². The fourth-order valence-corrected chi connectivity index (χ4v) is 1.67. The Morgan fingerprint density at radius 1 is 1.50 bits per heavy atom. The molecule has 0 fully saturated rings. The highest BCUT2D eigenvalue weighted by atomic mass is 16.5. The van der Waals surface area contributed by atoms with E-state index in [2.05, 4.69) is 10.3 Å². The van der Waals surface area contributed by atoms with E-state index in [9.17, 15) is 9.59 Å². The van der Waals surface area contributed by atoms with Gasteiger partial charge in [-0.15, -0.1) is 0 Å². The van der Waals surface area contributed by atoms with E-state index in [-0.39, 0.29) is 18.0 Å². The van der Waals surface area contributed by atoms with E-state index in [1.54, 1.807) is 32.0 Å². The van der Waals surface area contributed by atoms with Crippen molar-refractivity contribution in [3.8, 4) is 0 Å². The third-order valence-electron chi connectivity index (χ3n) is 2.67. The number of carbonyl (C=O) groups is 2. The largest absolute Gasteiger partial charge is 0.478 e. The predicted octanol–water partition coefficient (Wildman–Crippen LogP) is 0.287. The maximum absolute atomic E-state index is 11.7. The molecule has 0 saturated carbocycles. The molecule has 110 valence electrons. The van der Waals surface area contributed by atoms with Gasteiger partial charge in [-0.2, -0.15) is 0 Å². The van der Waals surface area contributed by atoms with E-state index < -0.39 is 5.97 Å². The fraction of sp³-hybridized carbons (Fsp3) is 0.462. The van der Waals surface area contributed by atoms with Crippen LogP contribution in [0.25, 0.3) is 0 Å². The number of aromatic nitrogens is 1. The molecule has 1 amide bonds. The molecule has 0 saturated heterocycles. The lowest BCUT2D eigenvalue weighted by Crippen LogP contribution is -2.37. The van der Waals surface area contributed by atoms with Crippen molar-refractivity contribution in [3.05, 3.63) is 23.5 Å². The van der Waals surface area contributed by atoms with Crippen LogP contribution >= 0.6 is 0 Å². The van der Waals surface area contributed by atoms with Crippen molar-refractivity contribution >= 4 is 17.6 Å². The number of hydrogen-bond donors (Lipinski definition) is 2. The molecular formula is C13H19N3O4. The number of anilines is 1. The molecule has 0 radical (unpaired) electrons. The van der Waals surface area contributed by atoms with Crippen LogP contribution < -0.4 is 10.2 Å². The highest BCUT2D eigenvalue weighted by Crippen LogP contribution is 2.19. The highest BCUT2D eigenvalue weighted by Gasteiger charge is 2.16. The van der Waals surface area contributed by atoms with Crippen LogP contribution in [0.4, 0.5) is 5.69 Å². The maximum atomic E-state index is 11.7. The first kappa shape index (κ1) is 15.9. The number of amides is 1. The monoisotopic (exact) mass is 281 g/mol. The molecule has 1 aromatic rings. The lowest BCUT2D eigenvalue weighted by Gasteiger charge is -2.20. The van der Waals surface area contributed by atoms with Crippen LogP contribution in [0.2, 0.25) is 0 Å². The van der Waals surface area contributed by atoms with Crippen molar-refractivity contribution < 1.29 is 19.4 Å². The third-order valence-corrected chi connectivity index (χ3v) is 2.67. The fourth-order valence-electron chi connectivity index (χ4n) is 1.67. The summed E-state index contributed by atoms with van der Waals surface area (Å²) in [6.45, 7) is 2.68. The van der Waals surface area contributed by atoms with Crippen molar-refractivity contribution in [2.45, 2.75) is 6.92 Å². The summed E-state index contributed by atoms with van der Waals surface area (Å²) < 4.78 is 4.83. The normalized spacial score (nSPS) is 10.2. The molecule has 0 aromatic carbocycles. The smallest absolute Gasteiger partial charge is 0.339 e. The van der Waals surface area contributed by atoms with E-state index >= 15 is 0 Å². The summed E-state index contributed by atoms with van der Waals surface area (Å²) in [5.41, 5.74) is 1.23. The predicted molar refractivity (Wildman–Crippen MR) is 74.1 cm³/mol.